The second-order valence-corrected chi connectivity index (χ2v) is 6.03. The molecular formula is C16H19N7O. The van der Waals surface area contributed by atoms with Crippen LogP contribution in [0.5, 0.6) is 5.88 Å². The number of fused-ring (bicyclic) bond motifs is 1. The maximum atomic E-state index is 5.97. The molecule has 4 rings (SSSR count). The van der Waals surface area contributed by atoms with E-state index in [0.717, 1.165) is 43.1 Å². The van der Waals surface area contributed by atoms with Gasteiger partial charge in [0.25, 0.3) is 5.78 Å². The summed E-state index contributed by atoms with van der Waals surface area (Å²) in [6.07, 6.45) is 6.94. The number of hydrogen-bond acceptors (Lipinski definition) is 7. The van der Waals surface area contributed by atoms with Gasteiger partial charge < -0.3 is 9.64 Å². The van der Waals surface area contributed by atoms with Crippen LogP contribution in [-0.4, -0.2) is 48.7 Å². The first kappa shape index (κ1) is 14.8. The fraction of sp³-hybridized carbons (Fsp3) is 0.438. The van der Waals surface area contributed by atoms with Gasteiger partial charge >= 0.3 is 0 Å². The van der Waals surface area contributed by atoms with E-state index in [9.17, 15) is 0 Å². The van der Waals surface area contributed by atoms with E-state index in [-0.39, 0.29) is 6.10 Å². The summed E-state index contributed by atoms with van der Waals surface area (Å²) in [4.78, 5) is 19.4. The van der Waals surface area contributed by atoms with Crippen LogP contribution in [0.1, 0.15) is 24.2 Å². The highest BCUT2D eigenvalue weighted by Crippen LogP contribution is 2.23. The number of piperidine rings is 1. The van der Waals surface area contributed by atoms with Crippen LogP contribution >= 0.6 is 0 Å². The average molecular weight is 325 g/mol. The third-order valence-electron chi connectivity index (χ3n) is 4.15. The molecule has 4 heterocycles. The van der Waals surface area contributed by atoms with Crippen molar-refractivity contribution in [2.24, 2.45) is 0 Å². The Hall–Kier alpha value is -2.77. The summed E-state index contributed by atoms with van der Waals surface area (Å²) < 4.78 is 7.76. The Morgan fingerprint density at radius 3 is 2.71 bits per heavy atom. The summed E-state index contributed by atoms with van der Waals surface area (Å²) in [6, 6.07) is 2.05. The summed E-state index contributed by atoms with van der Waals surface area (Å²) >= 11 is 0. The zero-order chi connectivity index (χ0) is 16.5. The van der Waals surface area contributed by atoms with E-state index in [0.29, 0.717) is 11.7 Å². The number of hydrogen-bond donors (Lipinski definition) is 0. The molecule has 0 aliphatic carbocycles. The van der Waals surface area contributed by atoms with E-state index in [4.69, 9.17) is 4.74 Å². The molecule has 3 aromatic rings. The standard InChI is InChI=1S/C16H19N7O/c1-11-7-15(23-16(21-11)18-10-19-23)22-5-3-13(4-6-22)24-14-9-17-8-12(2)20-14/h7-10,13H,3-6H2,1-2H3. The fourth-order valence-corrected chi connectivity index (χ4v) is 3.01. The van der Waals surface area contributed by atoms with Crippen molar-refractivity contribution >= 4 is 11.6 Å². The number of ether oxygens (including phenoxy) is 1. The highest BCUT2D eigenvalue weighted by Gasteiger charge is 2.23. The van der Waals surface area contributed by atoms with Gasteiger partial charge in [-0.2, -0.15) is 14.6 Å². The monoisotopic (exact) mass is 325 g/mol. The number of aryl methyl sites for hydroxylation is 2. The molecule has 1 saturated heterocycles. The Balaban J connectivity index is 1.46. The predicted molar refractivity (Wildman–Crippen MR) is 88.2 cm³/mol. The average Bonchev–Trinajstić information content (AvgIpc) is 3.03. The summed E-state index contributed by atoms with van der Waals surface area (Å²) in [7, 11) is 0. The largest absolute Gasteiger partial charge is 0.473 e. The molecule has 8 nitrogen and oxygen atoms in total. The Kier molecular flexibility index (Phi) is 3.72. The van der Waals surface area contributed by atoms with Crippen LogP contribution in [0.3, 0.4) is 0 Å². The van der Waals surface area contributed by atoms with Gasteiger partial charge in [0.15, 0.2) is 0 Å². The second kappa shape index (κ2) is 6.03. The van der Waals surface area contributed by atoms with Crippen molar-refractivity contribution in [2.75, 3.05) is 18.0 Å². The Bertz CT molecular complexity index is 855. The molecule has 0 radical (unpaired) electrons. The molecule has 0 unspecified atom stereocenters. The van der Waals surface area contributed by atoms with E-state index < -0.39 is 0 Å². The van der Waals surface area contributed by atoms with Gasteiger partial charge in [0, 0.05) is 43.9 Å². The van der Waals surface area contributed by atoms with Crippen LogP contribution in [0.2, 0.25) is 0 Å². The van der Waals surface area contributed by atoms with Gasteiger partial charge in [0.1, 0.15) is 18.2 Å². The normalized spacial score (nSPS) is 15.8. The maximum Gasteiger partial charge on any atom is 0.254 e. The van der Waals surface area contributed by atoms with Gasteiger partial charge in [0.05, 0.1) is 11.9 Å². The Morgan fingerprint density at radius 2 is 1.92 bits per heavy atom. The topological polar surface area (TPSA) is 81.3 Å². The van der Waals surface area contributed by atoms with Gasteiger partial charge in [-0.25, -0.2) is 9.97 Å². The molecule has 0 saturated carbocycles. The molecule has 3 aromatic heterocycles. The SMILES string of the molecule is Cc1cncc(OC2CCN(c3cc(C)nc4ncnn34)CC2)n1. The predicted octanol–water partition coefficient (Wildman–Crippen LogP) is 1.58. The molecule has 0 aromatic carbocycles. The van der Waals surface area contributed by atoms with Crippen molar-refractivity contribution in [3.63, 3.8) is 0 Å². The first-order chi connectivity index (χ1) is 11.7. The van der Waals surface area contributed by atoms with Crippen molar-refractivity contribution in [2.45, 2.75) is 32.8 Å². The second-order valence-electron chi connectivity index (χ2n) is 6.03. The van der Waals surface area contributed by atoms with Crippen LogP contribution in [0, 0.1) is 13.8 Å². The Labute approximate surface area is 139 Å². The Morgan fingerprint density at radius 1 is 1.08 bits per heavy atom. The van der Waals surface area contributed by atoms with Crippen molar-refractivity contribution in [1.82, 2.24) is 29.5 Å². The van der Waals surface area contributed by atoms with Crippen molar-refractivity contribution in [1.29, 1.82) is 0 Å². The van der Waals surface area contributed by atoms with Crippen LogP contribution in [-0.2, 0) is 0 Å². The molecule has 24 heavy (non-hydrogen) atoms. The first-order valence-corrected chi connectivity index (χ1v) is 8.07. The molecule has 8 heteroatoms. The molecule has 0 spiro atoms. The minimum absolute atomic E-state index is 0.159. The molecule has 124 valence electrons. The lowest BCUT2D eigenvalue weighted by atomic mass is 10.1. The molecule has 1 fully saturated rings. The fourth-order valence-electron chi connectivity index (χ4n) is 3.01. The van der Waals surface area contributed by atoms with Gasteiger partial charge in [-0.05, 0) is 13.8 Å². The van der Waals surface area contributed by atoms with Gasteiger partial charge in [-0.3, -0.25) is 4.98 Å². The molecule has 1 aliphatic heterocycles. The third kappa shape index (κ3) is 2.86. The number of aromatic nitrogens is 6. The first-order valence-electron chi connectivity index (χ1n) is 8.07. The van der Waals surface area contributed by atoms with Gasteiger partial charge in [-0.1, -0.05) is 0 Å². The van der Waals surface area contributed by atoms with Gasteiger partial charge in [-0.15, -0.1) is 0 Å². The number of rotatable bonds is 3. The number of nitrogens with zero attached hydrogens (tertiary/aromatic N) is 7. The zero-order valence-electron chi connectivity index (χ0n) is 13.8. The molecular weight excluding hydrogens is 306 g/mol. The molecule has 0 amide bonds. The van der Waals surface area contributed by atoms with Crippen molar-refractivity contribution < 1.29 is 4.74 Å². The van der Waals surface area contributed by atoms with Gasteiger partial charge in [0.2, 0.25) is 5.88 Å². The highest BCUT2D eigenvalue weighted by molar-refractivity contribution is 5.47. The van der Waals surface area contributed by atoms with E-state index in [2.05, 4.69) is 36.0 Å². The highest BCUT2D eigenvalue weighted by atomic mass is 16.5. The van der Waals surface area contributed by atoms with Crippen LogP contribution in [0.25, 0.3) is 5.78 Å². The van der Waals surface area contributed by atoms with Crippen LogP contribution in [0.4, 0.5) is 5.82 Å². The number of anilines is 1. The zero-order valence-corrected chi connectivity index (χ0v) is 13.8. The lowest BCUT2D eigenvalue weighted by molar-refractivity contribution is 0.162. The lowest BCUT2D eigenvalue weighted by Gasteiger charge is -2.33. The van der Waals surface area contributed by atoms with Crippen LogP contribution < -0.4 is 9.64 Å². The third-order valence-corrected chi connectivity index (χ3v) is 4.15. The summed E-state index contributed by atoms with van der Waals surface area (Å²) in [5, 5.41) is 4.28. The molecule has 1 aliphatic rings. The van der Waals surface area contributed by atoms with Crippen molar-refractivity contribution in [3.8, 4) is 5.88 Å². The summed E-state index contributed by atoms with van der Waals surface area (Å²) in [5.41, 5.74) is 1.81. The maximum absolute atomic E-state index is 5.97. The summed E-state index contributed by atoms with van der Waals surface area (Å²) in [6.45, 7) is 5.67. The van der Waals surface area contributed by atoms with Crippen LogP contribution in [0.15, 0.2) is 24.8 Å². The van der Waals surface area contributed by atoms with E-state index >= 15 is 0 Å². The van der Waals surface area contributed by atoms with E-state index in [1.165, 1.54) is 6.33 Å². The smallest absolute Gasteiger partial charge is 0.254 e. The molecule has 0 N–H and O–H groups in total. The minimum Gasteiger partial charge on any atom is -0.473 e. The van der Waals surface area contributed by atoms with E-state index in [1.807, 2.05) is 13.8 Å². The van der Waals surface area contributed by atoms with E-state index in [1.54, 1.807) is 16.9 Å². The minimum atomic E-state index is 0.159. The molecule has 0 atom stereocenters. The summed E-state index contributed by atoms with van der Waals surface area (Å²) in [5.74, 6) is 2.27. The quantitative estimate of drug-likeness (QED) is 0.723. The lowest BCUT2D eigenvalue weighted by Crippen LogP contribution is -2.39. The van der Waals surface area contributed by atoms with Crippen molar-refractivity contribution in [3.05, 3.63) is 36.2 Å². The molecule has 0 bridgehead atoms.